The quantitative estimate of drug-likeness (QED) is 0.369. The minimum atomic E-state index is -3.69. The smallest absolute Gasteiger partial charge is 0.337 e. The van der Waals surface area contributed by atoms with Crippen molar-refractivity contribution in [1.29, 1.82) is 0 Å². The summed E-state index contributed by atoms with van der Waals surface area (Å²) in [7, 11) is -2.35. The summed E-state index contributed by atoms with van der Waals surface area (Å²) in [5.74, 6) is -0.398. The van der Waals surface area contributed by atoms with Gasteiger partial charge in [0, 0.05) is 19.8 Å². The topological polar surface area (TPSA) is 103 Å². The van der Waals surface area contributed by atoms with Crippen LogP contribution in [0.15, 0.2) is 24.3 Å². The molecule has 0 spiro atoms. The molecule has 9 heteroatoms. The number of carbonyl (C=O) groups excluding carboxylic acids is 1. The largest absolute Gasteiger partial charge is 0.465 e. The van der Waals surface area contributed by atoms with Crippen molar-refractivity contribution in [2.24, 2.45) is 0 Å². The van der Waals surface area contributed by atoms with Gasteiger partial charge in [-0.15, -0.1) is 0 Å². The van der Waals surface area contributed by atoms with Crippen molar-refractivity contribution in [3.63, 3.8) is 0 Å². The number of hydrogen-bond acceptors (Lipinski definition) is 7. The first-order chi connectivity index (χ1) is 12.9. The first kappa shape index (κ1) is 22.0. The number of esters is 1. The lowest BCUT2D eigenvalue weighted by Gasteiger charge is -2.33. The number of morpholine rings is 1. The Morgan fingerprint density at radius 1 is 1.37 bits per heavy atom. The van der Waals surface area contributed by atoms with E-state index in [0.29, 0.717) is 18.7 Å². The summed E-state index contributed by atoms with van der Waals surface area (Å²) in [4.78, 5) is 22.0. The third-order valence-electron chi connectivity index (χ3n) is 4.21. The Labute approximate surface area is 159 Å². The molecule has 1 aliphatic rings. The molecule has 1 fully saturated rings. The predicted molar refractivity (Wildman–Crippen MR) is 100.0 cm³/mol. The van der Waals surface area contributed by atoms with Gasteiger partial charge in [0.15, 0.2) is 0 Å². The zero-order chi connectivity index (χ0) is 19.9. The number of hydrogen-bond donors (Lipinski definition) is 2. The third-order valence-corrected chi connectivity index (χ3v) is 6.10. The molecule has 1 saturated heterocycles. The Kier molecular flexibility index (Phi) is 8.41. The van der Waals surface area contributed by atoms with E-state index < -0.39 is 25.5 Å². The van der Waals surface area contributed by atoms with Crippen LogP contribution in [-0.2, 0) is 23.5 Å². The lowest BCUT2D eigenvalue weighted by molar-refractivity contribution is -0.0884. The molecule has 0 radical (unpaired) electrons. The number of methoxy groups -OCH3 is 1. The van der Waals surface area contributed by atoms with Crippen LogP contribution in [0.4, 0.5) is 0 Å². The summed E-state index contributed by atoms with van der Waals surface area (Å²) >= 11 is 0. The van der Waals surface area contributed by atoms with Gasteiger partial charge in [-0.25, -0.2) is 4.79 Å². The first-order valence-electron chi connectivity index (χ1n) is 8.99. The molecule has 1 aromatic carbocycles. The van der Waals surface area contributed by atoms with E-state index >= 15 is 0 Å². The van der Waals surface area contributed by atoms with Crippen molar-refractivity contribution < 1.29 is 33.2 Å². The predicted octanol–water partition coefficient (Wildman–Crippen LogP) is 2.13. The Morgan fingerprint density at radius 2 is 2.07 bits per heavy atom. The second-order valence-electron chi connectivity index (χ2n) is 6.19. The fourth-order valence-corrected chi connectivity index (χ4v) is 4.65. The maximum Gasteiger partial charge on any atom is 0.337 e. The molecular formula is C18H28NO7P. The summed E-state index contributed by atoms with van der Waals surface area (Å²) < 4.78 is 33.7. The lowest BCUT2D eigenvalue weighted by atomic mass is 10.0. The number of ether oxygens (including phenoxy) is 4. The zero-order valence-electron chi connectivity index (χ0n) is 15.9. The molecule has 0 aliphatic carbocycles. The molecule has 152 valence electrons. The lowest BCUT2D eigenvalue weighted by Crippen LogP contribution is -2.43. The molecule has 0 amide bonds. The molecule has 0 saturated carbocycles. The molecule has 2 rings (SSSR count). The average molecular weight is 401 g/mol. The van der Waals surface area contributed by atoms with Crippen molar-refractivity contribution in [3.8, 4) is 0 Å². The number of benzene rings is 1. The molecule has 1 aromatic rings. The van der Waals surface area contributed by atoms with Crippen LogP contribution in [0.25, 0.3) is 0 Å². The molecule has 1 aliphatic heterocycles. The van der Waals surface area contributed by atoms with E-state index in [9.17, 15) is 14.3 Å². The monoisotopic (exact) mass is 401 g/mol. The van der Waals surface area contributed by atoms with Crippen LogP contribution in [-0.4, -0.2) is 62.6 Å². The van der Waals surface area contributed by atoms with Crippen LogP contribution in [0, 0.1) is 0 Å². The molecule has 1 heterocycles. The molecule has 0 bridgehead atoms. The Balaban J connectivity index is 1.95. The highest BCUT2D eigenvalue weighted by Crippen LogP contribution is 2.48. The second kappa shape index (κ2) is 10.3. The number of rotatable bonds is 9. The molecule has 3 atom stereocenters. The SMILES string of the molecule is CCOC(OCC)P(=O)(O)C[C@H]1CN[C@@H](c2cccc(C(=O)OC)c2)CO1. The highest BCUT2D eigenvalue weighted by molar-refractivity contribution is 7.58. The van der Waals surface area contributed by atoms with Crippen LogP contribution >= 0.6 is 7.37 Å². The van der Waals surface area contributed by atoms with Gasteiger partial charge in [0.1, 0.15) is 0 Å². The summed E-state index contributed by atoms with van der Waals surface area (Å²) in [5.41, 5.74) is 1.36. The van der Waals surface area contributed by atoms with E-state index in [1.54, 1.807) is 32.0 Å². The standard InChI is InChI=1S/C18H28NO7P/c1-4-24-18(25-5-2)27(21,22)12-15-10-19-16(11-26-15)13-7-6-8-14(9-13)17(20)23-3/h6-9,15-16,18-19H,4-5,10-12H2,1-3H3,(H,21,22)/t15-,16-/m1/s1. The van der Waals surface area contributed by atoms with Crippen LogP contribution in [0.1, 0.15) is 35.8 Å². The highest BCUT2D eigenvalue weighted by atomic mass is 31.2. The summed E-state index contributed by atoms with van der Waals surface area (Å²) in [5, 5.41) is 3.30. The molecule has 1 unspecified atom stereocenters. The molecular weight excluding hydrogens is 373 g/mol. The summed E-state index contributed by atoms with van der Waals surface area (Å²) in [6.07, 6.45) is -0.483. The van der Waals surface area contributed by atoms with E-state index in [4.69, 9.17) is 18.9 Å². The van der Waals surface area contributed by atoms with Crippen LogP contribution in [0.2, 0.25) is 0 Å². The maximum atomic E-state index is 12.6. The van der Waals surface area contributed by atoms with E-state index in [0.717, 1.165) is 5.56 Å². The average Bonchev–Trinajstić information content (AvgIpc) is 2.67. The Bertz CT molecular complexity index is 655. The minimum Gasteiger partial charge on any atom is -0.465 e. The van der Waals surface area contributed by atoms with Gasteiger partial charge in [-0.2, -0.15) is 0 Å². The van der Waals surface area contributed by atoms with Gasteiger partial charge in [-0.1, -0.05) is 12.1 Å². The van der Waals surface area contributed by atoms with Gasteiger partial charge in [-0.05, 0) is 31.5 Å². The Hall–Kier alpha value is -1.28. The van der Waals surface area contributed by atoms with Gasteiger partial charge in [0.2, 0.25) is 6.03 Å². The molecule has 0 aromatic heterocycles. The highest BCUT2D eigenvalue weighted by Gasteiger charge is 2.37. The number of carbonyl (C=O) groups is 1. The summed E-state index contributed by atoms with van der Waals surface area (Å²) in [6, 6.07) is 5.87. The normalized spacial score (nSPS) is 22.4. The van der Waals surface area contributed by atoms with Crippen molar-refractivity contribution in [2.75, 3.05) is 39.6 Å². The Morgan fingerprint density at radius 3 is 2.63 bits per heavy atom. The van der Waals surface area contributed by atoms with E-state index in [1.165, 1.54) is 7.11 Å². The van der Waals surface area contributed by atoms with Crippen molar-refractivity contribution in [1.82, 2.24) is 5.32 Å². The van der Waals surface area contributed by atoms with Crippen LogP contribution < -0.4 is 5.32 Å². The second-order valence-corrected chi connectivity index (χ2v) is 8.49. The fourth-order valence-electron chi connectivity index (χ4n) is 2.90. The van der Waals surface area contributed by atoms with Gasteiger partial charge < -0.3 is 29.2 Å². The number of nitrogens with one attached hydrogen (secondary N) is 1. The van der Waals surface area contributed by atoms with Gasteiger partial charge >= 0.3 is 5.97 Å². The van der Waals surface area contributed by atoms with Crippen molar-refractivity contribution in [3.05, 3.63) is 35.4 Å². The summed E-state index contributed by atoms with van der Waals surface area (Å²) in [6.45, 7) is 4.80. The van der Waals surface area contributed by atoms with E-state index in [2.05, 4.69) is 5.32 Å². The van der Waals surface area contributed by atoms with Gasteiger partial charge in [0.05, 0.1) is 37.6 Å². The van der Waals surface area contributed by atoms with Crippen LogP contribution in [0.3, 0.4) is 0 Å². The molecule has 27 heavy (non-hydrogen) atoms. The maximum absolute atomic E-state index is 12.6. The van der Waals surface area contributed by atoms with Crippen molar-refractivity contribution >= 4 is 13.3 Å². The first-order valence-corrected chi connectivity index (χ1v) is 10.9. The fraction of sp³-hybridized carbons (Fsp3) is 0.611. The molecule has 8 nitrogen and oxygen atoms in total. The zero-order valence-corrected chi connectivity index (χ0v) is 16.8. The van der Waals surface area contributed by atoms with Crippen molar-refractivity contribution in [2.45, 2.75) is 32.0 Å². The third kappa shape index (κ3) is 6.10. The van der Waals surface area contributed by atoms with Gasteiger partial charge in [-0.3, -0.25) is 4.57 Å². The van der Waals surface area contributed by atoms with Gasteiger partial charge in [0.25, 0.3) is 7.37 Å². The van der Waals surface area contributed by atoms with E-state index in [-0.39, 0.29) is 25.4 Å². The minimum absolute atomic E-state index is 0.0560. The van der Waals surface area contributed by atoms with E-state index in [1.807, 2.05) is 6.07 Å². The van der Waals surface area contributed by atoms with Crippen LogP contribution in [0.5, 0.6) is 0 Å². The molecule has 2 N–H and O–H groups in total.